The van der Waals surface area contributed by atoms with Gasteiger partial charge in [-0.1, -0.05) is 6.07 Å². The molecule has 0 radical (unpaired) electrons. The maximum Gasteiger partial charge on any atom is 0.433 e. The molecule has 0 aliphatic heterocycles. The van der Waals surface area contributed by atoms with Crippen molar-refractivity contribution in [3.8, 4) is 0 Å². The van der Waals surface area contributed by atoms with Gasteiger partial charge in [0.05, 0.1) is 11.6 Å². The van der Waals surface area contributed by atoms with E-state index in [0.29, 0.717) is 0 Å². The normalized spacial score (nSPS) is 12.3. The van der Waals surface area contributed by atoms with E-state index >= 15 is 0 Å². The summed E-state index contributed by atoms with van der Waals surface area (Å²) >= 11 is 0. The van der Waals surface area contributed by atoms with Crippen LogP contribution < -0.4 is 5.32 Å². The minimum absolute atomic E-state index is 0.138. The predicted octanol–water partition coefficient (Wildman–Crippen LogP) is 3.39. The first-order valence-electron chi connectivity index (χ1n) is 7.01. The van der Waals surface area contributed by atoms with Crippen molar-refractivity contribution in [3.63, 3.8) is 0 Å². The summed E-state index contributed by atoms with van der Waals surface area (Å²) in [5.74, 6) is -3.20. The van der Waals surface area contributed by atoms with Gasteiger partial charge in [0.25, 0.3) is 5.91 Å². The third-order valence-corrected chi connectivity index (χ3v) is 3.08. The number of hydrogen-bond donors (Lipinski definition) is 1. The number of carbonyl (C=O) groups excluding carboxylic acids is 2. The number of ether oxygens (including phenoxy) is 1. The molecule has 2 aromatic rings. The van der Waals surface area contributed by atoms with E-state index in [2.05, 4.69) is 9.73 Å². The average Bonchev–Trinajstić information content (AvgIpc) is 3.04. The number of nitrogens with zero attached hydrogens (tertiary/aromatic N) is 1. The summed E-state index contributed by atoms with van der Waals surface area (Å²) in [7, 11) is 0. The largest absolute Gasteiger partial charge is 0.447 e. The fourth-order valence-corrected chi connectivity index (χ4v) is 1.82. The molecule has 1 aromatic heterocycles. The maximum atomic E-state index is 12.6. The smallest absolute Gasteiger partial charge is 0.433 e. The van der Waals surface area contributed by atoms with Gasteiger partial charge >= 0.3 is 18.0 Å². The predicted molar refractivity (Wildman–Crippen MR) is 80.3 cm³/mol. The Morgan fingerprint density at radius 2 is 1.96 bits per heavy atom. The molecule has 1 atom stereocenters. The molecule has 1 aromatic carbocycles. The highest BCUT2D eigenvalue weighted by Gasteiger charge is 2.31. The first kappa shape index (κ1) is 19.0. The van der Waals surface area contributed by atoms with Crippen molar-refractivity contribution in [3.05, 3.63) is 57.8 Å². The van der Waals surface area contributed by atoms with Crippen molar-refractivity contribution in [2.75, 3.05) is 5.32 Å². The highest BCUT2D eigenvalue weighted by molar-refractivity contribution is 5.96. The Bertz CT molecular complexity index is 846. The molecule has 0 fully saturated rings. The highest BCUT2D eigenvalue weighted by atomic mass is 19.4. The van der Waals surface area contributed by atoms with Crippen LogP contribution in [0.1, 0.15) is 23.0 Å². The Labute approximate surface area is 143 Å². The van der Waals surface area contributed by atoms with E-state index < -0.39 is 46.3 Å². The lowest BCUT2D eigenvalue weighted by Gasteiger charge is -2.14. The third kappa shape index (κ3) is 4.59. The number of carbonyl (C=O) groups is 2. The number of benzene rings is 1. The maximum absolute atomic E-state index is 12.6. The Kier molecular flexibility index (Phi) is 5.29. The number of nitro groups is 1. The van der Waals surface area contributed by atoms with Gasteiger partial charge in [-0.2, -0.15) is 13.2 Å². The van der Waals surface area contributed by atoms with Crippen molar-refractivity contribution < 1.29 is 36.8 Å². The van der Waals surface area contributed by atoms with Crippen molar-refractivity contribution in [1.29, 1.82) is 0 Å². The second-order valence-electron chi connectivity index (χ2n) is 5.01. The molecule has 1 heterocycles. The summed E-state index contributed by atoms with van der Waals surface area (Å²) in [5.41, 5.74) is -1.09. The Morgan fingerprint density at radius 1 is 1.27 bits per heavy atom. The van der Waals surface area contributed by atoms with Gasteiger partial charge in [0.2, 0.25) is 5.76 Å². The van der Waals surface area contributed by atoms with Crippen LogP contribution in [0.3, 0.4) is 0 Å². The molecular formula is C15H11F3N2O6. The van der Waals surface area contributed by atoms with E-state index in [-0.39, 0.29) is 5.69 Å². The fourth-order valence-electron chi connectivity index (χ4n) is 1.82. The number of anilines is 1. The number of amides is 1. The molecule has 0 aliphatic rings. The highest BCUT2D eigenvalue weighted by Crippen LogP contribution is 2.30. The Morgan fingerprint density at radius 3 is 2.54 bits per heavy atom. The number of nitrogens with one attached hydrogen (secondary N) is 1. The van der Waals surface area contributed by atoms with Crippen molar-refractivity contribution in [2.24, 2.45) is 0 Å². The van der Waals surface area contributed by atoms with E-state index in [1.807, 2.05) is 0 Å². The van der Waals surface area contributed by atoms with Gasteiger partial charge in [-0.15, -0.1) is 0 Å². The van der Waals surface area contributed by atoms with Gasteiger partial charge in [-0.25, -0.2) is 4.79 Å². The monoisotopic (exact) mass is 372 g/mol. The summed E-state index contributed by atoms with van der Waals surface area (Å²) in [6, 6.07) is 5.84. The summed E-state index contributed by atoms with van der Waals surface area (Å²) in [6.07, 6.45) is -5.96. The lowest BCUT2D eigenvalue weighted by molar-refractivity contribution is -0.402. The van der Waals surface area contributed by atoms with Gasteiger partial charge in [0.1, 0.15) is 4.92 Å². The van der Waals surface area contributed by atoms with E-state index in [1.54, 1.807) is 0 Å². The van der Waals surface area contributed by atoms with Gasteiger partial charge < -0.3 is 14.5 Å². The lowest BCUT2D eigenvalue weighted by atomic mass is 10.2. The topological polar surface area (TPSA) is 112 Å². The van der Waals surface area contributed by atoms with Gasteiger partial charge in [-0.05, 0) is 31.2 Å². The average molecular weight is 372 g/mol. The van der Waals surface area contributed by atoms with Crippen LogP contribution in [0.4, 0.5) is 24.7 Å². The SMILES string of the molecule is C[C@@H](OC(=O)c1ccc([N+](=O)[O-])o1)C(=O)Nc1cccc(C(F)(F)F)c1. The van der Waals surface area contributed by atoms with Crippen LogP contribution in [0.2, 0.25) is 0 Å². The summed E-state index contributed by atoms with van der Waals surface area (Å²) in [6.45, 7) is 1.18. The van der Waals surface area contributed by atoms with Gasteiger partial charge in [0, 0.05) is 5.69 Å². The minimum Gasteiger partial charge on any atom is -0.447 e. The first-order chi connectivity index (χ1) is 12.1. The number of furan rings is 1. The standard InChI is InChI=1S/C15H11F3N2O6/c1-8(25-14(22)11-5-6-12(26-11)20(23)24)13(21)19-10-4-2-3-9(7-10)15(16,17)18/h2-8H,1H3,(H,19,21)/t8-/m1/s1. The summed E-state index contributed by atoms with van der Waals surface area (Å²) < 4.78 is 47.3. The van der Waals surface area contributed by atoms with E-state index in [9.17, 15) is 32.9 Å². The molecule has 0 unspecified atom stereocenters. The van der Waals surface area contributed by atoms with E-state index in [4.69, 9.17) is 4.74 Å². The molecular weight excluding hydrogens is 361 g/mol. The second-order valence-corrected chi connectivity index (χ2v) is 5.01. The van der Waals surface area contributed by atoms with Crippen LogP contribution in [-0.4, -0.2) is 22.9 Å². The molecule has 1 N–H and O–H groups in total. The molecule has 1 amide bonds. The molecule has 11 heteroatoms. The molecule has 0 bridgehead atoms. The molecule has 0 aliphatic carbocycles. The van der Waals surface area contributed by atoms with Gasteiger partial charge in [-0.3, -0.25) is 14.9 Å². The van der Waals surface area contributed by atoms with Crippen LogP contribution in [0.25, 0.3) is 0 Å². The van der Waals surface area contributed by atoms with Crippen LogP contribution in [0.5, 0.6) is 0 Å². The zero-order valence-electron chi connectivity index (χ0n) is 13.1. The van der Waals surface area contributed by atoms with Crippen LogP contribution in [-0.2, 0) is 15.7 Å². The minimum atomic E-state index is -4.58. The number of halogens is 3. The molecule has 26 heavy (non-hydrogen) atoms. The van der Waals surface area contributed by atoms with Crippen LogP contribution in [0, 0.1) is 10.1 Å². The Balaban J connectivity index is 2.01. The van der Waals surface area contributed by atoms with Crippen LogP contribution >= 0.6 is 0 Å². The zero-order chi connectivity index (χ0) is 19.5. The van der Waals surface area contributed by atoms with Crippen LogP contribution in [0.15, 0.2) is 40.8 Å². The number of rotatable bonds is 5. The quantitative estimate of drug-likeness (QED) is 0.489. The number of alkyl halides is 3. The molecule has 0 saturated heterocycles. The lowest BCUT2D eigenvalue weighted by Crippen LogP contribution is -2.30. The zero-order valence-corrected chi connectivity index (χ0v) is 13.1. The summed E-state index contributed by atoms with van der Waals surface area (Å²) in [5, 5.41) is 12.7. The fraction of sp³-hybridized carbons (Fsp3) is 0.200. The van der Waals surface area contributed by atoms with Crippen molar-refractivity contribution >= 4 is 23.4 Å². The van der Waals surface area contributed by atoms with E-state index in [0.717, 1.165) is 30.3 Å². The first-order valence-corrected chi connectivity index (χ1v) is 7.01. The molecule has 138 valence electrons. The number of hydrogen-bond acceptors (Lipinski definition) is 6. The van der Waals surface area contributed by atoms with Gasteiger partial charge in [0.15, 0.2) is 6.10 Å². The van der Waals surface area contributed by atoms with E-state index in [1.165, 1.54) is 13.0 Å². The molecule has 0 spiro atoms. The van der Waals surface area contributed by atoms with Crippen molar-refractivity contribution in [2.45, 2.75) is 19.2 Å². The number of esters is 1. The second kappa shape index (κ2) is 7.25. The molecule has 0 saturated carbocycles. The third-order valence-electron chi connectivity index (χ3n) is 3.08. The molecule has 2 rings (SSSR count). The Hall–Kier alpha value is -3.37. The molecule has 8 nitrogen and oxygen atoms in total. The van der Waals surface area contributed by atoms with Crippen molar-refractivity contribution in [1.82, 2.24) is 0 Å². The summed E-state index contributed by atoms with van der Waals surface area (Å²) in [4.78, 5) is 33.3.